The summed E-state index contributed by atoms with van der Waals surface area (Å²) in [5, 5.41) is 0. The van der Waals surface area contributed by atoms with Crippen LogP contribution in [0.1, 0.15) is 58.1 Å². The second-order valence-electron chi connectivity index (χ2n) is 11.3. The van der Waals surface area contributed by atoms with Gasteiger partial charge in [-0.15, -0.1) is 0 Å². The lowest BCUT2D eigenvalue weighted by Gasteiger charge is -2.24. The summed E-state index contributed by atoms with van der Waals surface area (Å²) < 4.78 is 8.35. The number of hydrogen-bond acceptors (Lipinski definition) is 2. The summed E-state index contributed by atoms with van der Waals surface area (Å²) in [6, 6.07) is 17.5. The Morgan fingerprint density at radius 2 is 1.56 bits per heavy atom. The molecule has 0 fully saturated rings. The summed E-state index contributed by atoms with van der Waals surface area (Å²) in [7, 11) is 6.16. The third-order valence-electron chi connectivity index (χ3n) is 8.45. The molecule has 5 rings (SSSR count). The normalized spacial score (nSPS) is 22.7. The minimum atomic E-state index is -0.0267. The Kier molecular flexibility index (Phi) is 6.06. The monoisotopic (exact) mass is 479 g/mol. The molecular weight excluding hydrogens is 440 g/mol. The molecule has 2 aliphatic heterocycles. The van der Waals surface area contributed by atoms with Gasteiger partial charge >= 0.3 is 0 Å². The van der Waals surface area contributed by atoms with Crippen LogP contribution in [-0.2, 0) is 15.6 Å². The molecule has 0 saturated carbocycles. The Morgan fingerprint density at radius 1 is 0.861 bits per heavy atom. The highest BCUT2D eigenvalue weighted by Crippen LogP contribution is 2.47. The van der Waals surface area contributed by atoms with Crippen molar-refractivity contribution in [3.05, 3.63) is 107 Å². The van der Waals surface area contributed by atoms with Crippen molar-refractivity contribution in [3.8, 4) is 0 Å². The van der Waals surface area contributed by atoms with E-state index in [1.807, 2.05) is 7.11 Å². The maximum absolute atomic E-state index is 6.02. The van der Waals surface area contributed by atoms with Crippen LogP contribution in [0.5, 0.6) is 0 Å². The fourth-order valence-corrected chi connectivity index (χ4v) is 6.45. The van der Waals surface area contributed by atoms with Gasteiger partial charge < -0.3 is 9.64 Å². The van der Waals surface area contributed by atoms with Crippen LogP contribution in [0.15, 0.2) is 95.4 Å². The first-order chi connectivity index (χ1) is 17.2. The van der Waals surface area contributed by atoms with E-state index in [4.69, 9.17) is 4.74 Å². The Bertz CT molecular complexity index is 1360. The molecule has 0 aromatic heterocycles. The van der Waals surface area contributed by atoms with Crippen LogP contribution in [0.2, 0.25) is 0 Å². The third kappa shape index (κ3) is 3.77. The van der Waals surface area contributed by atoms with Gasteiger partial charge in [0.15, 0.2) is 5.71 Å². The molecule has 0 saturated heterocycles. The lowest BCUT2D eigenvalue weighted by Crippen LogP contribution is -2.26. The molecule has 0 bridgehead atoms. The second-order valence-corrected chi connectivity index (χ2v) is 11.3. The average molecular weight is 480 g/mol. The highest BCUT2D eigenvalue weighted by Gasteiger charge is 2.42. The van der Waals surface area contributed by atoms with Gasteiger partial charge in [-0.2, -0.15) is 4.58 Å². The Labute approximate surface area is 216 Å². The highest BCUT2D eigenvalue weighted by atomic mass is 16.5. The van der Waals surface area contributed by atoms with E-state index in [1.54, 1.807) is 0 Å². The Balaban J connectivity index is 1.49. The maximum Gasteiger partial charge on any atom is 0.209 e. The van der Waals surface area contributed by atoms with Crippen LogP contribution in [0.25, 0.3) is 0 Å². The van der Waals surface area contributed by atoms with Gasteiger partial charge in [0, 0.05) is 41.6 Å². The zero-order valence-corrected chi connectivity index (χ0v) is 22.9. The molecule has 0 N–H and O–H groups in total. The van der Waals surface area contributed by atoms with Crippen molar-refractivity contribution in [1.82, 2.24) is 0 Å². The van der Waals surface area contributed by atoms with Gasteiger partial charge in [0.2, 0.25) is 5.69 Å². The SMILES string of the molecule is COC1=C(C=CC2=[N+](C)c3ccccc3C2(C)C)CCCC1=CC=C1N(C)c2ccccc2C1(C)C. The molecule has 1 aliphatic carbocycles. The van der Waals surface area contributed by atoms with Crippen molar-refractivity contribution < 1.29 is 9.31 Å². The third-order valence-corrected chi connectivity index (χ3v) is 8.45. The number of benzene rings is 2. The van der Waals surface area contributed by atoms with Crippen LogP contribution in [-0.4, -0.2) is 31.5 Å². The summed E-state index contributed by atoms with van der Waals surface area (Å²) in [5.41, 5.74) is 10.5. The lowest BCUT2D eigenvalue weighted by molar-refractivity contribution is -0.401. The second kappa shape index (κ2) is 8.96. The first kappa shape index (κ1) is 24.4. The van der Waals surface area contributed by atoms with E-state index in [1.165, 1.54) is 45.1 Å². The largest absolute Gasteiger partial charge is 0.496 e. The highest BCUT2D eigenvalue weighted by molar-refractivity contribution is 6.03. The summed E-state index contributed by atoms with van der Waals surface area (Å²) >= 11 is 0. The molecule has 2 aromatic rings. The first-order valence-corrected chi connectivity index (χ1v) is 13.1. The van der Waals surface area contributed by atoms with E-state index in [0.29, 0.717) is 0 Å². The predicted molar refractivity (Wildman–Crippen MR) is 151 cm³/mol. The quantitative estimate of drug-likeness (QED) is 0.420. The number of nitrogens with zero attached hydrogens (tertiary/aromatic N) is 2. The number of likely N-dealkylation sites (N-methyl/N-ethyl adjacent to an activating group) is 1. The van der Waals surface area contributed by atoms with E-state index >= 15 is 0 Å². The summed E-state index contributed by atoms with van der Waals surface area (Å²) in [5.74, 6) is 1.03. The van der Waals surface area contributed by atoms with E-state index in [9.17, 15) is 0 Å². The number of fused-ring (bicyclic) bond motifs is 2. The first-order valence-electron chi connectivity index (χ1n) is 13.1. The molecule has 2 aromatic carbocycles. The molecule has 36 heavy (non-hydrogen) atoms. The zero-order chi connectivity index (χ0) is 25.7. The van der Waals surface area contributed by atoms with Gasteiger partial charge in [-0.05, 0) is 68.0 Å². The topological polar surface area (TPSA) is 15.5 Å². The number of rotatable bonds is 4. The number of ether oxygens (including phenoxy) is 1. The average Bonchev–Trinajstić information content (AvgIpc) is 3.19. The maximum atomic E-state index is 6.02. The number of allylic oxidation sites excluding steroid dienone is 7. The van der Waals surface area contributed by atoms with Gasteiger partial charge in [0.05, 0.1) is 12.5 Å². The fourth-order valence-electron chi connectivity index (χ4n) is 6.45. The van der Waals surface area contributed by atoms with E-state index < -0.39 is 0 Å². The van der Waals surface area contributed by atoms with Crippen LogP contribution < -0.4 is 4.90 Å². The molecule has 0 spiro atoms. The molecule has 0 radical (unpaired) electrons. The standard InChI is InChI=1S/C33H39N2O/c1-32(2)25-15-8-10-17-27(25)34(5)29(32)21-19-23-13-12-14-24(31(23)36-7)20-22-30-33(3,4)26-16-9-11-18-28(26)35(30)6/h8-11,15-22H,12-14H2,1-7H3/q+1. The van der Waals surface area contributed by atoms with E-state index in [0.717, 1.165) is 25.0 Å². The van der Waals surface area contributed by atoms with Crippen molar-refractivity contribution in [2.75, 3.05) is 26.1 Å². The van der Waals surface area contributed by atoms with Gasteiger partial charge in [0.1, 0.15) is 12.8 Å². The summed E-state index contributed by atoms with van der Waals surface area (Å²) in [4.78, 5) is 2.33. The van der Waals surface area contributed by atoms with Crippen molar-refractivity contribution in [3.63, 3.8) is 0 Å². The minimum absolute atomic E-state index is 0.0267. The van der Waals surface area contributed by atoms with Crippen molar-refractivity contribution >= 4 is 17.1 Å². The van der Waals surface area contributed by atoms with Crippen LogP contribution in [0, 0.1) is 0 Å². The molecule has 186 valence electrons. The van der Waals surface area contributed by atoms with Gasteiger partial charge in [-0.3, -0.25) is 0 Å². The lowest BCUT2D eigenvalue weighted by atomic mass is 9.81. The molecule has 2 heterocycles. The van der Waals surface area contributed by atoms with E-state index in [-0.39, 0.29) is 10.8 Å². The smallest absolute Gasteiger partial charge is 0.209 e. The fraction of sp³-hybridized carbons (Fsp3) is 0.364. The van der Waals surface area contributed by atoms with Crippen molar-refractivity contribution in [2.45, 2.75) is 57.8 Å². The van der Waals surface area contributed by atoms with E-state index in [2.05, 4.69) is 124 Å². The van der Waals surface area contributed by atoms with Gasteiger partial charge in [-0.25, -0.2) is 0 Å². The number of para-hydroxylation sites is 2. The molecule has 0 atom stereocenters. The minimum Gasteiger partial charge on any atom is -0.496 e. The molecule has 3 nitrogen and oxygen atoms in total. The number of methoxy groups -OCH3 is 1. The van der Waals surface area contributed by atoms with Crippen molar-refractivity contribution in [1.29, 1.82) is 0 Å². The predicted octanol–water partition coefficient (Wildman–Crippen LogP) is 7.57. The summed E-state index contributed by atoms with van der Waals surface area (Å²) in [6.07, 6.45) is 12.4. The number of hydrogen-bond donors (Lipinski definition) is 0. The number of anilines is 1. The van der Waals surface area contributed by atoms with Crippen LogP contribution in [0.4, 0.5) is 11.4 Å². The molecule has 3 heteroatoms. The molecule has 0 unspecified atom stereocenters. The Hall–Kier alpha value is -3.33. The van der Waals surface area contributed by atoms with Crippen LogP contribution >= 0.6 is 0 Å². The molecule has 3 aliphatic rings. The Morgan fingerprint density at radius 3 is 2.25 bits per heavy atom. The molecule has 0 amide bonds. The summed E-state index contributed by atoms with van der Waals surface area (Å²) in [6.45, 7) is 9.27. The van der Waals surface area contributed by atoms with Gasteiger partial charge in [0.25, 0.3) is 0 Å². The molecular formula is C33H39N2O+. The van der Waals surface area contributed by atoms with Gasteiger partial charge in [-0.1, -0.05) is 56.3 Å². The van der Waals surface area contributed by atoms with Crippen LogP contribution in [0.3, 0.4) is 0 Å². The van der Waals surface area contributed by atoms with Crippen molar-refractivity contribution in [2.24, 2.45) is 0 Å². The zero-order valence-electron chi connectivity index (χ0n) is 22.9.